The topological polar surface area (TPSA) is 60.4 Å². The number of benzene rings is 1. The Balaban J connectivity index is 0.00000272. The maximum Gasteiger partial charge on any atom is 0.222 e. The van der Waals surface area contributed by atoms with E-state index in [4.69, 9.17) is 4.74 Å². The molecule has 3 aliphatic heterocycles. The van der Waals surface area contributed by atoms with Crippen LogP contribution in [0.15, 0.2) is 29.3 Å². The van der Waals surface area contributed by atoms with Gasteiger partial charge in [-0.2, -0.15) is 0 Å². The van der Waals surface area contributed by atoms with Gasteiger partial charge in [-0.15, -0.1) is 24.0 Å². The number of nitrogens with zero attached hydrogens (tertiary/aromatic N) is 4. The molecule has 0 aromatic heterocycles. The predicted octanol–water partition coefficient (Wildman–Crippen LogP) is 2.16. The molecular weight excluding hydrogens is 505 g/mol. The van der Waals surface area contributed by atoms with E-state index in [1.54, 1.807) is 0 Å². The van der Waals surface area contributed by atoms with E-state index in [1.807, 2.05) is 11.9 Å². The Labute approximate surface area is 203 Å². The van der Waals surface area contributed by atoms with Crippen molar-refractivity contribution in [3.63, 3.8) is 0 Å². The lowest BCUT2D eigenvalue weighted by molar-refractivity contribution is -0.128. The van der Waals surface area contributed by atoms with Gasteiger partial charge in [0.05, 0.1) is 13.2 Å². The third-order valence-electron chi connectivity index (χ3n) is 6.40. The summed E-state index contributed by atoms with van der Waals surface area (Å²) < 4.78 is 5.46. The molecule has 4 rings (SSSR count). The number of hydrogen-bond acceptors (Lipinski definition) is 4. The van der Waals surface area contributed by atoms with Crippen molar-refractivity contribution in [3.05, 3.63) is 35.4 Å². The van der Waals surface area contributed by atoms with Crippen molar-refractivity contribution >= 4 is 35.8 Å². The van der Waals surface area contributed by atoms with Crippen LogP contribution in [0.3, 0.4) is 0 Å². The van der Waals surface area contributed by atoms with E-state index in [-0.39, 0.29) is 29.9 Å². The smallest absolute Gasteiger partial charge is 0.222 e. The molecule has 0 spiro atoms. The van der Waals surface area contributed by atoms with E-state index >= 15 is 0 Å². The normalized spacial score (nSPS) is 22.7. The van der Waals surface area contributed by atoms with Crippen LogP contribution in [-0.4, -0.2) is 86.1 Å². The maximum atomic E-state index is 11.9. The zero-order valence-electron chi connectivity index (χ0n) is 18.6. The number of likely N-dealkylation sites (tertiary alicyclic amines) is 2. The van der Waals surface area contributed by atoms with Crippen molar-refractivity contribution in [2.24, 2.45) is 10.9 Å². The van der Waals surface area contributed by atoms with Crippen molar-refractivity contribution in [1.82, 2.24) is 20.0 Å². The fraction of sp³-hybridized carbons (Fsp3) is 0.652. The monoisotopic (exact) mass is 541 g/mol. The number of carbonyl (C=O) groups is 1. The van der Waals surface area contributed by atoms with Crippen LogP contribution in [0.2, 0.25) is 0 Å². The van der Waals surface area contributed by atoms with Crippen molar-refractivity contribution in [2.45, 2.75) is 32.4 Å². The van der Waals surface area contributed by atoms with Crippen LogP contribution in [0.25, 0.3) is 0 Å². The molecule has 172 valence electrons. The number of guanidine groups is 1. The molecule has 1 N–H and O–H groups in total. The van der Waals surface area contributed by atoms with Crippen molar-refractivity contribution < 1.29 is 9.53 Å². The molecule has 1 amide bonds. The van der Waals surface area contributed by atoms with E-state index in [0.717, 1.165) is 78.0 Å². The number of aliphatic imine (C=N–C) groups is 1. The number of carbonyl (C=O) groups excluding carboxylic acids is 1. The Morgan fingerprint density at radius 3 is 2.74 bits per heavy atom. The van der Waals surface area contributed by atoms with Gasteiger partial charge in [0.1, 0.15) is 0 Å². The standard InChI is InChI=1S/C23H35N5O2.HI/c1-24-23(28-9-7-21(18-28)16-26-10-12-30-13-11-26)25-15-19-4-2-5-20(14-19)17-27-8-3-6-22(27)29;/h2,4-5,14,21H,3,6-13,15-18H2,1H3,(H,24,25);1H. The molecule has 7 nitrogen and oxygen atoms in total. The van der Waals surface area contributed by atoms with E-state index < -0.39 is 0 Å². The average Bonchev–Trinajstić information content (AvgIpc) is 3.39. The summed E-state index contributed by atoms with van der Waals surface area (Å²) in [6.07, 6.45) is 2.90. The molecule has 3 aliphatic rings. The summed E-state index contributed by atoms with van der Waals surface area (Å²) in [7, 11) is 1.87. The van der Waals surface area contributed by atoms with Gasteiger partial charge in [-0.25, -0.2) is 0 Å². The molecule has 8 heteroatoms. The molecule has 0 bridgehead atoms. The van der Waals surface area contributed by atoms with Crippen LogP contribution < -0.4 is 5.32 Å². The highest BCUT2D eigenvalue weighted by Gasteiger charge is 2.27. The fourth-order valence-electron chi connectivity index (χ4n) is 4.77. The van der Waals surface area contributed by atoms with E-state index in [2.05, 4.69) is 44.4 Å². The third-order valence-corrected chi connectivity index (χ3v) is 6.40. The molecule has 3 heterocycles. The summed E-state index contributed by atoms with van der Waals surface area (Å²) in [5.74, 6) is 1.96. The Kier molecular flexibility index (Phi) is 9.40. The summed E-state index contributed by atoms with van der Waals surface area (Å²) in [6.45, 7) is 9.49. The first-order valence-electron chi connectivity index (χ1n) is 11.3. The lowest BCUT2D eigenvalue weighted by atomic mass is 10.1. The van der Waals surface area contributed by atoms with Crippen molar-refractivity contribution in [1.29, 1.82) is 0 Å². The molecular formula is C23H36IN5O2. The molecule has 0 aliphatic carbocycles. The quantitative estimate of drug-likeness (QED) is 0.340. The Morgan fingerprint density at radius 2 is 2.00 bits per heavy atom. The molecule has 1 unspecified atom stereocenters. The molecule has 0 saturated carbocycles. The van der Waals surface area contributed by atoms with Gasteiger partial charge in [-0.3, -0.25) is 14.7 Å². The summed E-state index contributed by atoms with van der Waals surface area (Å²) in [5, 5.41) is 3.54. The predicted molar refractivity (Wildman–Crippen MR) is 134 cm³/mol. The number of amides is 1. The minimum atomic E-state index is 0. The lowest BCUT2D eigenvalue weighted by Gasteiger charge is -2.29. The highest BCUT2D eigenvalue weighted by Crippen LogP contribution is 2.19. The van der Waals surface area contributed by atoms with Crippen molar-refractivity contribution in [2.75, 3.05) is 59.5 Å². The van der Waals surface area contributed by atoms with Gasteiger partial charge in [-0.05, 0) is 29.9 Å². The zero-order valence-corrected chi connectivity index (χ0v) is 20.9. The second-order valence-corrected chi connectivity index (χ2v) is 8.65. The van der Waals surface area contributed by atoms with Gasteiger partial charge >= 0.3 is 0 Å². The average molecular weight is 541 g/mol. The number of ether oxygens (including phenoxy) is 1. The minimum Gasteiger partial charge on any atom is -0.379 e. The Morgan fingerprint density at radius 1 is 1.19 bits per heavy atom. The molecule has 1 aromatic rings. The largest absolute Gasteiger partial charge is 0.379 e. The SMILES string of the molecule is CN=C(NCc1cccc(CN2CCCC2=O)c1)N1CCC(CN2CCOCC2)C1.I. The summed E-state index contributed by atoms with van der Waals surface area (Å²) in [6, 6.07) is 8.54. The molecule has 0 radical (unpaired) electrons. The molecule has 1 atom stereocenters. The lowest BCUT2D eigenvalue weighted by Crippen LogP contribution is -2.42. The van der Waals surface area contributed by atoms with Gasteiger partial charge in [0.15, 0.2) is 5.96 Å². The first-order valence-corrected chi connectivity index (χ1v) is 11.3. The second kappa shape index (κ2) is 12.0. The first kappa shape index (κ1) is 24.3. The Bertz CT molecular complexity index is 753. The van der Waals surface area contributed by atoms with Gasteiger partial charge in [0.2, 0.25) is 5.91 Å². The van der Waals surface area contributed by atoms with E-state index in [9.17, 15) is 4.79 Å². The van der Waals surface area contributed by atoms with E-state index in [1.165, 1.54) is 17.5 Å². The summed E-state index contributed by atoms with van der Waals surface area (Å²) >= 11 is 0. The fourth-order valence-corrected chi connectivity index (χ4v) is 4.77. The molecule has 31 heavy (non-hydrogen) atoms. The number of halogens is 1. The number of hydrogen-bond donors (Lipinski definition) is 1. The van der Waals surface area contributed by atoms with E-state index in [0.29, 0.717) is 12.3 Å². The second-order valence-electron chi connectivity index (χ2n) is 8.65. The number of nitrogens with one attached hydrogen (secondary N) is 1. The van der Waals surface area contributed by atoms with Gasteiger partial charge in [0, 0.05) is 65.8 Å². The van der Waals surface area contributed by atoms with Crippen LogP contribution in [0, 0.1) is 5.92 Å². The van der Waals surface area contributed by atoms with Crippen LogP contribution in [0.5, 0.6) is 0 Å². The van der Waals surface area contributed by atoms with Gasteiger partial charge < -0.3 is 19.9 Å². The van der Waals surface area contributed by atoms with Crippen molar-refractivity contribution in [3.8, 4) is 0 Å². The zero-order chi connectivity index (χ0) is 20.8. The van der Waals surface area contributed by atoms with Crippen LogP contribution >= 0.6 is 24.0 Å². The summed E-state index contributed by atoms with van der Waals surface area (Å²) in [5.41, 5.74) is 2.43. The highest BCUT2D eigenvalue weighted by molar-refractivity contribution is 14.0. The third kappa shape index (κ3) is 6.79. The van der Waals surface area contributed by atoms with Gasteiger partial charge in [-0.1, -0.05) is 24.3 Å². The van der Waals surface area contributed by atoms with Gasteiger partial charge in [0.25, 0.3) is 0 Å². The van der Waals surface area contributed by atoms with Crippen LogP contribution in [0.4, 0.5) is 0 Å². The number of rotatable bonds is 6. The van der Waals surface area contributed by atoms with Crippen LogP contribution in [-0.2, 0) is 22.6 Å². The molecule has 3 saturated heterocycles. The highest BCUT2D eigenvalue weighted by atomic mass is 127. The maximum absolute atomic E-state index is 11.9. The number of morpholine rings is 1. The van der Waals surface area contributed by atoms with Crippen LogP contribution in [0.1, 0.15) is 30.4 Å². The Hall–Kier alpha value is -1.39. The molecule has 3 fully saturated rings. The minimum absolute atomic E-state index is 0. The first-order chi connectivity index (χ1) is 14.7. The summed E-state index contributed by atoms with van der Waals surface area (Å²) in [4.78, 5) is 23.3. The molecule has 1 aromatic carbocycles.